The van der Waals surface area contributed by atoms with E-state index in [0.29, 0.717) is 25.3 Å². The fourth-order valence-corrected chi connectivity index (χ4v) is 3.31. The predicted octanol–water partition coefficient (Wildman–Crippen LogP) is 2.19. The average molecular weight is 387 g/mol. The molecule has 1 N–H and O–H groups in total. The Hall–Kier alpha value is -3.16. The minimum atomic E-state index is -0.319. The van der Waals surface area contributed by atoms with Crippen LogP contribution in [0.5, 0.6) is 5.88 Å². The van der Waals surface area contributed by atoms with Gasteiger partial charge in [-0.15, -0.1) is 0 Å². The molecule has 1 aliphatic heterocycles. The molecule has 2 atom stereocenters. The molecule has 1 saturated heterocycles. The smallest absolute Gasteiger partial charge is 0.260 e. The SMILES string of the molecule is C=CC(=O)N[C@H]1CN(C(=O)COc2cc(C)on2)CC[C@@H]1c1ccc(F)cc1. The fourth-order valence-electron chi connectivity index (χ4n) is 3.31. The van der Waals surface area contributed by atoms with Gasteiger partial charge in [0.15, 0.2) is 6.61 Å². The van der Waals surface area contributed by atoms with Crippen LogP contribution in [0.3, 0.4) is 0 Å². The van der Waals surface area contributed by atoms with Crippen LogP contribution in [0.1, 0.15) is 23.7 Å². The summed E-state index contributed by atoms with van der Waals surface area (Å²) in [4.78, 5) is 26.0. The highest BCUT2D eigenvalue weighted by molar-refractivity contribution is 5.87. The first kappa shape index (κ1) is 19.6. The van der Waals surface area contributed by atoms with E-state index in [1.807, 2.05) is 0 Å². The number of aryl methyl sites for hydroxylation is 1. The van der Waals surface area contributed by atoms with E-state index < -0.39 is 0 Å². The molecule has 28 heavy (non-hydrogen) atoms. The zero-order valence-corrected chi connectivity index (χ0v) is 15.6. The van der Waals surface area contributed by atoms with E-state index in [4.69, 9.17) is 9.26 Å². The van der Waals surface area contributed by atoms with E-state index in [1.54, 1.807) is 30.0 Å². The van der Waals surface area contributed by atoms with Crippen LogP contribution in [0.2, 0.25) is 0 Å². The normalized spacial score (nSPS) is 19.1. The van der Waals surface area contributed by atoms with Crippen LogP contribution in [-0.4, -0.2) is 47.6 Å². The van der Waals surface area contributed by atoms with Gasteiger partial charge in [0.25, 0.3) is 11.8 Å². The Morgan fingerprint density at radius 2 is 2.18 bits per heavy atom. The number of nitrogens with one attached hydrogen (secondary N) is 1. The summed E-state index contributed by atoms with van der Waals surface area (Å²) in [5, 5.41) is 6.57. The van der Waals surface area contributed by atoms with Crippen LogP contribution < -0.4 is 10.1 Å². The highest BCUT2D eigenvalue weighted by Gasteiger charge is 2.33. The second kappa shape index (κ2) is 8.69. The molecule has 1 fully saturated rings. The minimum Gasteiger partial charge on any atom is -0.465 e. The van der Waals surface area contributed by atoms with Crippen molar-refractivity contribution in [1.29, 1.82) is 0 Å². The lowest BCUT2D eigenvalue weighted by Gasteiger charge is -2.39. The zero-order chi connectivity index (χ0) is 20.1. The first-order chi connectivity index (χ1) is 13.5. The summed E-state index contributed by atoms with van der Waals surface area (Å²) in [6.07, 6.45) is 1.82. The molecule has 8 heteroatoms. The molecule has 0 aliphatic carbocycles. The molecule has 0 spiro atoms. The van der Waals surface area contributed by atoms with Gasteiger partial charge in [0.2, 0.25) is 5.91 Å². The maximum absolute atomic E-state index is 13.2. The second-order valence-corrected chi connectivity index (χ2v) is 6.67. The summed E-state index contributed by atoms with van der Waals surface area (Å²) in [5.74, 6) is -0.0361. The Morgan fingerprint density at radius 1 is 1.43 bits per heavy atom. The van der Waals surface area contributed by atoms with Crippen molar-refractivity contribution in [2.75, 3.05) is 19.7 Å². The Bertz CT molecular complexity index is 849. The van der Waals surface area contributed by atoms with Gasteiger partial charge in [-0.25, -0.2) is 4.39 Å². The predicted molar refractivity (Wildman–Crippen MR) is 99.2 cm³/mol. The van der Waals surface area contributed by atoms with Gasteiger partial charge in [-0.2, -0.15) is 0 Å². The summed E-state index contributed by atoms with van der Waals surface area (Å²) in [6, 6.07) is 7.49. The number of aromatic nitrogens is 1. The number of halogens is 1. The van der Waals surface area contributed by atoms with Crippen LogP contribution in [0, 0.1) is 12.7 Å². The third kappa shape index (κ3) is 4.76. The number of amides is 2. The number of rotatable bonds is 6. The molecule has 0 radical (unpaired) electrons. The third-order valence-corrected chi connectivity index (χ3v) is 4.73. The van der Waals surface area contributed by atoms with E-state index in [-0.39, 0.29) is 42.1 Å². The van der Waals surface area contributed by atoms with Gasteiger partial charge in [0.05, 0.1) is 6.04 Å². The van der Waals surface area contributed by atoms with E-state index in [0.717, 1.165) is 5.56 Å². The molecule has 148 valence electrons. The lowest BCUT2D eigenvalue weighted by molar-refractivity contribution is -0.135. The van der Waals surface area contributed by atoms with Crippen LogP contribution in [0.4, 0.5) is 4.39 Å². The van der Waals surface area contributed by atoms with Gasteiger partial charge in [0, 0.05) is 25.1 Å². The summed E-state index contributed by atoms with van der Waals surface area (Å²) in [5.41, 5.74) is 0.914. The molecule has 3 rings (SSSR count). The number of likely N-dealkylation sites (tertiary alicyclic amines) is 1. The fraction of sp³-hybridized carbons (Fsp3) is 0.350. The molecule has 1 aromatic carbocycles. The zero-order valence-electron chi connectivity index (χ0n) is 15.6. The summed E-state index contributed by atoms with van der Waals surface area (Å²) in [6.45, 7) is 5.86. The molecule has 0 unspecified atom stereocenters. The number of ether oxygens (including phenoxy) is 1. The number of hydrogen-bond donors (Lipinski definition) is 1. The quantitative estimate of drug-likeness (QED) is 0.768. The van der Waals surface area contributed by atoms with Crippen molar-refractivity contribution in [1.82, 2.24) is 15.4 Å². The van der Waals surface area contributed by atoms with Crippen LogP contribution in [-0.2, 0) is 9.59 Å². The van der Waals surface area contributed by atoms with Gasteiger partial charge >= 0.3 is 0 Å². The summed E-state index contributed by atoms with van der Waals surface area (Å²) < 4.78 is 23.5. The molecule has 1 aromatic heterocycles. The van der Waals surface area contributed by atoms with E-state index in [2.05, 4.69) is 17.1 Å². The number of carbonyl (C=O) groups is 2. The van der Waals surface area contributed by atoms with Crippen molar-refractivity contribution >= 4 is 11.8 Å². The summed E-state index contributed by atoms with van der Waals surface area (Å²) in [7, 11) is 0. The molecule has 2 amide bonds. The van der Waals surface area contributed by atoms with Crippen molar-refractivity contribution in [2.24, 2.45) is 0 Å². The molecule has 1 aliphatic rings. The molecule has 0 bridgehead atoms. The highest BCUT2D eigenvalue weighted by Crippen LogP contribution is 2.29. The van der Waals surface area contributed by atoms with Gasteiger partial charge in [0.1, 0.15) is 11.6 Å². The molecular formula is C20H22FN3O4. The topological polar surface area (TPSA) is 84.7 Å². The lowest BCUT2D eigenvalue weighted by Crippen LogP contribution is -2.53. The van der Waals surface area contributed by atoms with E-state index in [9.17, 15) is 14.0 Å². The van der Waals surface area contributed by atoms with Gasteiger partial charge in [-0.3, -0.25) is 9.59 Å². The number of benzene rings is 1. The monoisotopic (exact) mass is 387 g/mol. The molecule has 7 nitrogen and oxygen atoms in total. The Morgan fingerprint density at radius 3 is 2.82 bits per heavy atom. The number of nitrogens with zero attached hydrogens (tertiary/aromatic N) is 2. The third-order valence-electron chi connectivity index (χ3n) is 4.73. The van der Waals surface area contributed by atoms with Gasteiger partial charge in [-0.05, 0) is 42.3 Å². The minimum absolute atomic E-state index is 0.0346. The maximum atomic E-state index is 13.2. The summed E-state index contributed by atoms with van der Waals surface area (Å²) >= 11 is 0. The molecule has 2 heterocycles. The largest absolute Gasteiger partial charge is 0.465 e. The Labute approximate surface area is 162 Å². The lowest BCUT2D eigenvalue weighted by atomic mass is 9.85. The molecule has 0 saturated carbocycles. The van der Waals surface area contributed by atoms with E-state index in [1.165, 1.54) is 18.2 Å². The van der Waals surface area contributed by atoms with Crippen molar-refractivity contribution in [3.63, 3.8) is 0 Å². The Balaban J connectivity index is 1.67. The van der Waals surface area contributed by atoms with Crippen molar-refractivity contribution in [3.05, 3.63) is 60.1 Å². The number of carbonyl (C=O) groups excluding carboxylic acids is 2. The number of piperidine rings is 1. The van der Waals surface area contributed by atoms with Crippen LogP contribution >= 0.6 is 0 Å². The van der Waals surface area contributed by atoms with Crippen molar-refractivity contribution in [3.8, 4) is 5.88 Å². The first-order valence-electron chi connectivity index (χ1n) is 8.98. The number of hydrogen-bond acceptors (Lipinski definition) is 5. The van der Waals surface area contributed by atoms with Gasteiger partial charge < -0.3 is 19.5 Å². The van der Waals surface area contributed by atoms with Gasteiger partial charge in [-0.1, -0.05) is 18.7 Å². The van der Waals surface area contributed by atoms with Crippen LogP contribution in [0.25, 0.3) is 0 Å². The second-order valence-electron chi connectivity index (χ2n) is 6.67. The van der Waals surface area contributed by atoms with E-state index >= 15 is 0 Å². The van der Waals surface area contributed by atoms with Crippen molar-refractivity contribution < 1.29 is 23.2 Å². The maximum Gasteiger partial charge on any atom is 0.260 e. The molecule has 2 aromatic rings. The molecular weight excluding hydrogens is 365 g/mol. The first-order valence-corrected chi connectivity index (χ1v) is 8.98. The average Bonchev–Trinajstić information content (AvgIpc) is 3.12. The van der Waals surface area contributed by atoms with Crippen molar-refractivity contribution in [2.45, 2.75) is 25.3 Å². The van der Waals surface area contributed by atoms with Crippen LogP contribution in [0.15, 0.2) is 47.5 Å². The standard InChI is InChI=1S/C20H22FN3O4/c1-3-18(25)22-17-11-24(20(26)12-27-19-10-13(2)28-23-19)9-8-16(17)14-4-6-15(21)7-5-14/h3-7,10,16-17H,1,8-9,11-12H2,2H3,(H,22,25)/t16-,17+/m1/s1. The highest BCUT2D eigenvalue weighted by atomic mass is 19.1. The Kier molecular flexibility index (Phi) is 6.08.